The van der Waals surface area contributed by atoms with Crippen molar-refractivity contribution in [3.05, 3.63) is 29.6 Å². The van der Waals surface area contributed by atoms with Gasteiger partial charge in [-0.25, -0.2) is 4.39 Å². The zero-order chi connectivity index (χ0) is 13.1. The van der Waals surface area contributed by atoms with Crippen molar-refractivity contribution < 1.29 is 27.1 Å². The average molecular weight is 247 g/mol. The van der Waals surface area contributed by atoms with Crippen LogP contribution in [0.3, 0.4) is 0 Å². The number of nitrogens with zero attached hydrogens (tertiary/aromatic N) is 1. The van der Waals surface area contributed by atoms with Gasteiger partial charge < -0.3 is 4.74 Å². The lowest BCUT2D eigenvalue weighted by molar-refractivity contribution is -0.275. The van der Waals surface area contributed by atoms with E-state index >= 15 is 0 Å². The quantitative estimate of drug-likeness (QED) is 0.609. The molecular formula is C10H5F4NO2. The first-order valence-corrected chi connectivity index (χ1v) is 4.29. The fraction of sp³-hybridized carbons (Fsp3) is 0.200. The lowest BCUT2D eigenvalue weighted by atomic mass is 10.1. The number of carbonyl (C=O) groups excluding carboxylic acids is 1. The molecule has 1 aromatic rings. The number of alkyl halides is 3. The van der Waals surface area contributed by atoms with E-state index < -0.39 is 30.1 Å². The molecule has 7 heteroatoms. The minimum Gasteiger partial charge on any atom is -0.403 e. The summed E-state index contributed by atoms with van der Waals surface area (Å²) in [6.07, 6.45) is -5.55. The molecule has 0 aliphatic heterocycles. The van der Waals surface area contributed by atoms with Crippen LogP contribution in [0.15, 0.2) is 18.2 Å². The van der Waals surface area contributed by atoms with Crippen LogP contribution in [-0.4, -0.2) is 12.1 Å². The number of ether oxygens (including phenoxy) is 1. The van der Waals surface area contributed by atoms with E-state index in [9.17, 15) is 22.4 Å². The highest BCUT2D eigenvalue weighted by molar-refractivity contribution is 5.97. The number of carbonyl (C=O) groups is 1. The van der Waals surface area contributed by atoms with Crippen molar-refractivity contribution in [2.75, 3.05) is 0 Å². The Morgan fingerprint density at radius 3 is 2.59 bits per heavy atom. The SMILES string of the molecule is N#CCC(=O)c1ccc(F)c(OC(F)(F)F)c1. The Morgan fingerprint density at radius 1 is 1.41 bits per heavy atom. The molecule has 0 aromatic heterocycles. The van der Waals surface area contributed by atoms with Gasteiger partial charge in [0.05, 0.1) is 12.5 Å². The summed E-state index contributed by atoms with van der Waals surface area (Å²) < 4.78 is 52.0. The van der Waals surface area contributed by atoms with Crippen LogP contribution in [0.1, 0.15) is 16.8 Å². The van der Waals surface area contributed by atoms with Crippen molar-refractivity contribution >= 4 is 5.78 Å². The molecule has 3 nitrogen and oxygen atoms in total. The van der Waals surface area contributed by atoms with Crippen molar-refractivity contribution in [3.8, 4) is 11.8 Å². The Kier molecular flexibility index (Phi) is 3.68. The first-order valence-electron chi connectivity index (χ1n) is 4.29. The molecule has 0 unspecified atom stereocenters. The number of benzene rings is 1. The van der Waals surface area contributed by atoms with E-state index in [1.807, 2.05) is 0 Å². The summed E-state index contributed by atoms with van der Waals surface area (Å²) >= 11 is 0. The molecule has 0 aliphatic carbocycles. The van der Waals surface area contributed by atoms with Gasteiger partial charge in [0, 0.05) is 5.56 Å². The van der Waals surface area contributed by atoms with Crippen LogP contribution in [0.4, 0.5) is 17.6 Å². The number of hydrogen-bond acceptors (Lipinski definition) is 3. The Hall–Kier alpha value is -2.10. The molecule has 17 heavy (non-hydrogen) atoms. The van der Waals surface area contributed by atoms with Gasteiger partial charge in [0.15, 0.2) is 17.3 Å². The smallest absolute Gasteiger partial charge is 0.403 e. The van der Waals surface area contributed by atoms with Crippen LogP contribution < -0.4 is 4.74 Å². The molecule has 90 valence electrons. The maximum absolute atomic E-state index is 12.9. The summed E-state index contributed by atoms with van der Waals surface area (Å²) in [5.74, 6) is -3.04. The standard InChI is InChI=1S/C10H5F4NO2/c11-7-2-1-6(8(16)3-4-15)5-9(7)17-10(12,13)14/h1-2,5H,3H2. The van der Waals surface area contributed by atoms with Crippen LogP contribution in [0, 0.1) is 17.1 Å². The second-order valence-corrected chi connectivity index (χ2v) is 2.95. The Balaban J connectivity index is 3.03. The van der Waals surface area contributed by atoms with Crippen molar-refractivity contribution in [1.82, 2.24) is 0 Å². The summed E-state index contributed by atoms with van der Waals surface area (Å²) in [5, 5.41) is 8.25. The number of nitriles is 1. The molecule has 0 radical (unpaired) electrons. The van der Waals surface area contributed by atoms with Crippen molar-refractivity contribution in [1.29, 1.82) is 5.26 Å². The minimum atomic E-state index is -5.04. The number of hydrogen-bond donors (Lipinski definition) is 0. The first-order chi connectivity index (χ1) is 7.83. The van der Waals surface area contributed by atoms with E-state index in [2.05, 4.69) is 4.74 Å². The molecule has 0 atom stereocenters. The van der Waals surface area contributed by atoms with Gasteiger partial charge in [0.2, 0.25) is 0 Å². The number of halogens is 4. The second-order valence-electron chi connectivity index (χ2n) is 2.95. The zero-order valence-electron chi connectivity index (χ0n) is 8.21. The van der Waals surface area contributed by atoms with Gasteiger partial charge in [-0.3, -0.25) is 4.79 Å². The highest BCUT2D eigenvalue weighted by atomic mass is 19.4. The predicted molar refractivity (Wildman–Crippen MR) is 47.6 cm³/mol. The molecular weight excluding hydrogens is 242 g/mol. The largest absolute Gasteiger partial charge is 0.573 e. The molecule has 0 saturated carbocycles. The van der Waals surface area contributed by atoms with Crippen LogP contribution in [0.2, 0.25) is 0 Å². The number of ketones is 1. The van der Waals surface area contributed by atoms with Gasteiger partial charge in [0.25, 0.3) is 0 Å². The molecule has 1 rings (SSSR count). The van der Waals surface area contributed by atoms with Crippen LogP contribution in [0.25, 0.3) is 0 Å². The van der Waals surface area contributed by atoms with Crippen LogP contribution in [-0.2, 0) is 0 Å². The average Bonchev–Trinajstić information content (AvgIpc) is 2.19. The molecule has 0 bridgehead atoms. The maximum Gasteiger partial charge on any atom is 0.573 e. The molecule has 0 heterocycles. The fourth-order valence-corrected chi connectivity index (χ4v) is 1.05. The van der Waals surface area contributed by atoms with Gasteiger partial charge in [-0.2, -0.15) is 5.26 Å². The van der Waals surface area contributed by atoms with E-state index in [1.54, 1.807) is 6.07 Å². The third-order valence-corrected chi connectivity index (χ3v) is 1.72. The summed E-state index contributed by atoms with van der Waals surface area (Å²) in [6.45, 7) is 0. The maximum atomic E-state index is 12.9. The summed E-state index contributed by atoms with van der Waals surface area (Å²) in [4.78, 5) is 11.2. The third kappa shape index (κ3) is 3.75. The number of Topliss-reactive ketones (excluding diaryl/α,β-unsaturated/α-hetero) is 1. The zero-order valence-corrected chi connectivity index (χ0v) is 8.21. The van der Waals surface area contributed by atoms with Crippen LogP contribution in [0.5, 0.6) is 5.75 Å². The van der Waals surface area contributed by atoms with E-state index in [0.717, 1.165) is 6.07 Å². The lowest BCUT2D eigenvalue weighted by Gasteiger charge is -2.10. The molecule has 0 spiro atoms. The van der Waals surface area contributed by atoms with Gasteiger partial charge in [0.1, 0.15) is 0 Å². The van der Waals surface area contributed by atoms with E-state index in [4.69, 9.17) is 5.26 Å². The molecule has 0 aliphatic rings. The Morgan fingerprint density at radius 2 is 2.06 bits per heavy atom. The normalized spacial score (nSPS) is 10.8. The third-order valence-electron chi connectivity index (χ3n) is 1.72. The minimum absolute atomic E-state index is 0.216. The molecule has 1 aromatic carbocycles. The molecule has 0 N–H and O–H groups in total. The van der Waals surface area contributed by atoms with E-state index in [1.165, 1.54) is 0 Å². The van der Waals surface area contributed by atoms with Crippen molar-refractivity contribution in [2.24, 2.45) is 0 Å². The summed E-state index contributed by atoms with van der Waals surface area (Å²) in [7, 11) is 0. The van der Waals surface area contributed by atoms with E-state index in [0.29, 0.717) is 12.1 Å². The highest BCUT2D eigenvalue weighted by Gasteiger charge is 2.32. The van der Waals surface area contributed by atoms with Gasteiger partial charge in [-0.05, 0) is 18.2 Å². The Labute approximate surface area is 93.2 Å². The van der Waals surface area contributed by atoms with Crippen molar-refractivity contribution in [2.45, 2.75) is 12.8 Å². The lowest BCUT2D eigenvalue weighted by Crippen LogP contribution is -2.18. The topological polar surface area (TPSA) is 50.1 Å². The van der Waals surface area contributed by atoms with Gasteiger partial charge in [-0.15, -0.1) is 13.2 Å². The number of rotatable bonds is 3. The van der Waals surface area contributed by atoms with Crippen LogP contribution >= 0.6 is 0 Å². The summed E-state index contributed by atoms with van der Waals surface area (Å²) in [5.41, 5.74) is -0.216. The predicted octanol–water partition coefficient (Wildman–Crippen LogP) is 2.82. The molecule has 0 saturated heterocycles. The first kappa shape index (κ1) is 13.0. The van der Waals surface area contributed by atoms with Crippen molar-refractivity contribution in [3.63, 3.8) is 0 Å². The second kappa shape index (κ2) is 4.82. The molecule has 0 fully saturated rings. The molecule has 0 amide bonds. The highest BCUT2D eigenvalue weighted by Crippen LogP contribution is 2.26. The van der Waals surface area contributed by atoms with Gasteiger partial charge >= 0.3 is 6.36 Å². The van der Waals surface area contributed by atoms with Gasteiger partial charge in [-0.1, -0.05) is 0 Å². The summed E-state index contributed by atoms with van der Waals surface area (Å²) in [6, 6.07) is 3.81. The monoisotopic (exact) mass is 247 g/mol. The Bertz CT molecular complexity index is 476. The fourth-order valence-electron chi connectivity index (χ4n) is 1.05. The van der Waals surface area contributed by atoms with E-state index in [-0.39, 0.29) is 5.56 Å².